The van der Waals surface area contributed by atoms with Crippen LogP contribution in [0.15, 0.2) is 85.1 Å². The number of aromatic nitrogens is 1. The highest BCUT2D eigenvalue weighted by molar-refractivity contribution is 5.34. The first-order valence-electron chi connectivity index (χ1n) is 9.56. The fourth-order valence-electron chi connectivity index (χ4n) is 3.40. The van der Waals surface area contributed by atoms with Crippen LogP contribution in [-0.2, 0) is 0 Å². The molecule has 0 aliphatic rings. The molecule has 0 aliphatic heterocycles. The predicted molar refractivity (Wildman–Crippen MR) is 108 cm³/mol. The highest BCUT2D eigenvalue weighted by atomic mass is 16.5. The molecule has 0 saturated carbocycles. The molecule has 3 aromatic rings. The Labute approximate surface area is 156 Å². The maximum Gasteiger partial charge on any atom is 0.213 e. The molecule has 1 unspecified atom stereocenters. The Hall–Kier alpha value is -2.61. The molecule has 2 nitrogen and oxygen atoms in total. The van der Waals surface area contributed by atoms with Crippen LogP contribution in [0.25, 0.3) is 0 Å². The van der Waals surface area contributed by atoms with E-state index in [1.807, 2.05) is 18.2 Å². The number of nitrogens with zero attached hydrogens (tertiary/aromatic N) is 1. The molecule has 2 aromatic carbocycles. The molecule has 0 fully saturated rings. The van der Waals surface area contributed by atoms with Crippen LogP contribution in [0.4, 0.5) is 0 Å². The van der Waals surface area contributed by atoms with Crippen molar-refractivity contribution in [3.8, 4) is 5.88 Å². The minimum absolute atomic E-state index is 0.0567. The second kappa shape index (κ2) is 9.76. The van der Waals surface area contributed by atoms with Crippen molar-refractivity contribution in [1.82, 2.24) is 4.98 Å². The SMILES string of the molecule is CCCCCC(Oc1ccccn1)C(c1ccccc1)c1ccccc1. The third-order valence-corrected chi connectivity index (χ3v) is 4.69. The number of pyridine rings is 1. The van der Waals surface area contributed by atoms with Gasteiger partial charge in [-0.3, -0.25) is 0 Å². The number of ether oxygens (including phenoxy) is 1. The Balaban J connectivity index is 1.94. The Bertz CT molecular complexity index is 703. The predicted octanol–water partition coefficient (Wildman–Crippen LogP) is 6.24. The number of unbranched alkanes of at least 4 members (excludes halogenated alkanes) is 2. The van der Waals surface area contributed by atoms with Crippen LogP contribution in [0, 0.1) is 0 Å². The van der Waals surface area contributed by atoms with E-state index in [1.165, 1.54) is 24.0 Å². The summed E-state index contributed by atoms with van der Waals surface area (Å²) < 4.78 is 6.42. The topological polar surface area (TPSA) is 22.1 Å². The molecule has 1 atom stereocenters. The normalized spacial score (nSPS) is 12.1. The fraction of sp³-hybridized carbons (Fsp3) is 0.292. The number of hydrogen-bond donors (Lipinski definition) is 0. The molecule has 0 aliphatic carbocycles. The average Bonchev–Trinajstić information content (AvgIpc) is 2.71. The zero-order valence-electron chi connectivity index (χ0n) is 15.4. The zero-order chi connectivity index (χ0) is 18.0. The minimum atomic E-state index is 0.0567. The Morgan fingerprint density at radius 2 is 1.38 bits per heavy atom. The highest BCUT2D eigenvalue weighted by Crippen LogP contribution is 2.33. The minimum Gasteiger partial charge on any atom is -0.473 e. The molecule has 0 amide bonds. The number of rotatable bonds is 9. The van der Waals surface area contributed by atoms with E-state index >= 15 is 0 Å². The van der Waals surface area contributed by atoms with Gasteiger partial charge < -0.3 is 4.74 Å². The van der Waals surface area contributed by atoms with Crippen molar-refractivity contribution in [3.63, 3.8) is 0 Å². The van der Waals surface area contributed by atoms with Gasteiger partial charge in [-0.1, -0.05) is 86.5 Å². The molecular weight excluding hydrogens is 318 g/mol. The van der Waals surface area contributed by atoms with Gasteiger partial charge in [0.1, 0.15) is 6.10 Å². The lowest BCUT2D eigenvalue weighted by molar-refractivity contribution is 0.162. The standard InChI is InChI=1S/C24H27NO/c1-2-3-6-17-22(26-23-18-11-12-19-25-23)24(20-13-7-4-8-14-20)21-15-9-5-10-16-21/h4-5,7-16,18-19,22,24H,2-3,6,17H2,1H3. The van der Waals surface area contributed by atoms with E-state index in [0.717, 1.165) is 12.8 Å². The van der Waals surface area contributed by atoms with Crippen LogP contribution in [0.1, 0.15) is 49.7 Å². The van der Waals surface area contributed by atoms with Gasteiger partial charge in [0.05, 0.1) is 0 Å². The van der Waals surface area contributed by atoms with Crippen LogP contribution in [0.3, 0.4) is 0 Å². The fourth-order valence-corrected chi connectivity index (χ4v) is 3.40. The molecular formula is C24H27NO. The first-order valence-corrected chi connectivity index (χ1v) is 9.56. The second-order valence-corrected chi connectivity index (χ2v) is 6.62. The average molecular weight is 345 g/mol. The Kier molecular flexibility index (Phi) is 6.83. The van der Waals surface area contributed by atoms with E-state index in [0.29, 0.717) is 5.88 Å². The summed E-state index contributed by atoms with van der Waals surface area (Å²) in [5.74, 6) is 0.891. The van der Waals surface area contributed by atoms with E-state index < -0.39 is 0 Å². The summed E-state index contributed by atoms with van der Waals surface area (Å²) in [5.41, 5.74) is 2.58. The maximum absolute atomic E-state index is 6.42. The van der Waals surface area contributed by atoms with Crippen LogP contribution >= 0.6 is 0 Å². The van der Waals surface area contributed by atoms with E-state index in [4.69, 9.17) is 4.74 Å². The number of hydrogen-bond acceptors (Lipinski definition) is 2. The Morgan fingerprint density at radius 1 is 0.769 bits per heavy atom. The van der Waals surface area contributed by atoms with Crippen molar-refractivity contribution in [2.24, 2.45) is 0 Å². The van der Waals surface area contributed by atoms with Gasteiger partial charge in [0.25, 0.3) is 0 Å². The van der Waals surface area contributed by atoms with Gasteiger partial charge >= 0.3 is 0 Å². The second-order valence-electron chi connectivity index (χ2n) is 6.62. The van der Waals surface area contributed by atoms with Crippen LogP contribution in [0.2, 0.25) is 0 Å². The lowest BCUT2D eigenvalue weighted by atomic mass is 9.84. The van der Waals surface area contributed by atoms with Crippen molar-refractivity contribution in [1.29, 1.82) is 0 Å². The van der Waals surface area contributed by atoms with Gasteiger partial charge in [-0.15, -0.1) is 0 Å². The zero-order valence-corrected chi connectivity index (χ0v) is 15.4. The summed E-state index contributed by atoms with van der Waals surface area (Å²) in [6, 6.07) is 27.2. The molecule has 1 heterocycles. The van der Waals surface area contributed by atoms with E-state index in [1.54, 1.807) is 6.20 Å². The summed E-state index contributed by atoms with van der Waals surface area (Å²) in [6.07, 6.45) is 6.44. The third-order valence-electron chi connectivity index (χ3n) is 4.69. The van der Waals surface area contributed by atoms with E-state index in [-0.39, 0.29) is 12.0 Å². The monoisotopic (exact) mass is 345 g/mol. The first-order chi connectivity index (χ1) is 12.9. The van der Waals surface area contributed by atoms with Crippen LogP contribution in [-0.4, -0.2) is 11.1 Å². The van der Waals surface area contributed by atoms with E-state index in [2.05, 4.69) is 72.6 Å². The van der Waals surface area contributed by atoms with Gasteiger partial charge in [0.15, 0.2) is 0 Å². The lowest BCUT2D eigenvalue weighted by Gasteiger charge is -2.28. The molecule has 0 N–H and O–H groups in total. The van der Waals surface area contributed by atoms with Crippen LogP contribution < -0.4 is 4.74 Å². The summed E-state index contributed by atoms with van der Waals surface area (Å²) in [7, 11) is 0. The molecule has 134 valence electrons. The van der Waals surface area contributed by atoms with Crippen molar-refractivity contribution in [2.45, 2.75) is 44.6 Å². The van der Waals surface area contributed by atoms with Crippen molar-refractivity contribution in [2.75, 3.05) is 0 Å². The molecule has 1 aromatic heterocycles. The third kappa shape index (κ3) is 4.95. The molecule has 0 spiro atoms. The maximum atomic E-state index is 6.42. The van der Waals surface area contributed by atoms with Gasteiger partial charge in [0, 0.05) is 18.2 Å². The molecule has 0 bridgehead atoms. The molecule has 26 heavy (non-hydrogen) atoms. The summed E-state index contributed by atoms with van der Waals surface area (Å²) in [4.78, 5) is 4.39. The summed E-state index contributed by atoms with van der Waals surface area (Å²) in [6.45, 7) is 2.24. The van der Waals surface area contributed by atoms with E-state index in [9.17, 15) is 0 Å². The van der Waals surface area contributed by atoms with Gasteiger partial charge in [-0.05, 0) is 30.0 Å². The lowest BCUT2D eigenvalue weighted by Crippen LogP contribution is -2.27. The number of benzene rings is 2. The molecule has 3 rings (SSSR count). The highest BCUT2D eigenvalue weighted by Gasteiger charge is 2.26. The van der Waals surface area contributed by atoms with Gasteiger partial charge in [0.2, 0.25) is 5.88 Å². The quantitative estimate of drug-likeness (QED) is 0.428. The Morgan fingerprint density at radius 3 is 1.92 bits per heavy atom. The largest absolute Gasteiger partial charge is 0.473 e. The van der Waals surface area contributed by atoms with Gasteiger partial charge in [-0.25, -0.2) is 4.98 Å². The van der Waals surface area contributed by atoms with Crippen molar-refractivity contribution < 1.29 is 4.74 Å². The van der Waals surface area contributed by atoms with Crippen molar-refractivity contribution in [3.05, 3.63) is 96.2 Å². The smallest absolute Gasteiger partial charge is 0.213 e. The molecule has 0 saturated heterocycles. The first kappa shape index (κ1) is 18.2. The van der Waals surface area contributed by atoms with Crippen molar-refractivity contribution >= 4 is 0 Å². The summed E-state index contributed by atoms with van der Waals surface area (Å²) in [5, 5.41) is 0. The van der Waals surface area contributed by atoms with Crippen LogP contribution in [0.5, 0.6) is 5.88 Å². The summed E-state index contributed by atoms with van der Waals surface area (Å²) >= 11 is 0. The molecule has 0 radical (unpaired) electrons. The van der Waals surface area contributed by atoms with Gasteiger partial charge in [-0.2, -0.15) is 0 Å². The molecule has 2 heteroatoms.